The van der Waals surface area contributed by atoms with Crippen molar-refractivity contribution in [2.24, 2.45) is 0 Å². The lowest BCUT2D eigenvalue weighted by Crippen LogP contribution is -1.82. The van der Waals surface area contributed by atoms with Gasteiger partial charge in [0.05, 0.1) is 10.6 Å². The Bertz CT molecular complexity index is 457. The molecule has 1 aromatic carbocycles. The van der Waals surface area contributed by atoms with Crippen LogP contribution >= 0.6 is 23.4 Å². The quantitative estimate of drug-likeness (QED) is 0.838. The van der Waals surface area contributed by atoms with Gasteiger partial charge in [0.25, 0.3) is 0 Å². The summed E-state index contributed by atoms with van der Waals surface area (Å²) in [7, 11) is 0. The van der Waals surface area contributed by atoms with E-state index in [1.165, 1.54) is 10.5 Å². The molecule has 0 amide bonds. The van der Waals surface area contributed by atoms with Gasteiger partial charge in [0.2, 0.25) is 0 Å². The van der Waals surface area contributed by atoms with Crippen molar-refractivity contribution in [2.75, 3.05) is 0 Å². The van der Waals surface area contributed by atoms with Gasteiger partial charge in [-0.25, -0.2) is 0 Å². The lowest BCUT2D eigenvalue weighted by molar-refractivity contribution is 1.02. The Morgan fingerprint density at radius 2 is 1.94 bits per heavy atom. The van der Waals surface area contributed by atoms with Crippen molar-refractivity contribution in [3.05, 3.63) is 46.2 Å². The molecule has 0 aliphatic rings. The Kier molecular flexibility index (Phi) is 3.56. The van der Waals surface area contributed by atoms with Crippen LogP contribution in [0.25, 0.3) is 0 Å². The number of aromatic nitrogens is 2. The van der Waals surface area contributed by atoms with Crippen molar-refractivity contribution in [2.45, 2.75) is 24.5 Å². The van der Waals surface area contributed by atoms with Gasteiger partial charge < -0.3 is 0 Å². The summed E-state index contributed by atoms with van der Waals surface area (Å²) in [5, 5.41) is 7.95. The van der Waals surface area contributed by atoms with Crippen LogP contribution in [-0.4, -0.2) is 10.2 Å². The first-order valence-corrected chi connectivity index (χ1v) is 6.42. The summed E-state index contributed by atoms with van der Waals surface area (Å²) in [5.41, 5.74) is 3.47. The number of benzene rings is 1. The highest BCUT2D eigenvalue weighted by Gasteiger charge is 2.06. The molecule has 0 bridgehead atoms. The summed E-state index contributed by atoms with van der Waals surface area (Å²) in [6, 6.07) is 7.96. The molecule has 4 heteroatoms. The van der Waals surface area contributed by atoms with E-state index in [0.29, 0.717) is 0 Å². The Labute approximate surface area is 104 Å². The van der Waals surface area contributed by atoms with E-state index in [4.69, 9.17) is 11.6 Å². The van der Waals surface area contributed by atoms with Crippen molar-refractivity contribution in [1.29, 1.82) is 0 Å². The molecule has 2 nitrogen and oxygen atoms in total. The number of hydrogen-bond acceptors (Lipinski definition) is 2. The summed E-state index contributed by atoms with van der Waals surface area (Å²) in [6.07, 6.45) is 0. The molecule has 1 N–H and O–H groups in total. The molecule has 84 valence electrons. The summed E-state index contributed by atoms with van der Waals surface area (Å²) in [4.78, 5) is 1.25. The van der Waals surface area contributed by atoms with Crippen LogP contribution < -0.4 is 0 Å². The van der Waals surface area contributed by atoms with E-state index in [2.05, 4.69) is 22.3 Å². The summed E-state index contributed by atoms with van der Waals surface area (Å²) < 4.78 is 0. The van der Waals surface area contributed by atoms with Gasteiger partial charge >= 0.3 is 0 Å². The molecule has 1 heterocycles. The third-order valence-electron chi connectivity index (χ3n) is 2.36. The second-order valence-corrected chi connectivity index (χ2v) is 5.10. The van der Waals surface area contributed by atoms with Crippen molar-refractivity contribution in [1.82, 2.24) is 10.2 Å². The highest BCUT2D eigenvalue weighted by atomic mass is 35.5. The predicted molar refractivity (Wildman–Crippen MR) is 69.1 cm³/mol. The van der Waals surface area contributed by atoms with E-state index in [9.17, 15) is 0 Å². The zero-order chi connectivity index (χ0) is 11.5. The normalized spacial score (nSPS) is 10.7. The van der Waals surface area contributed by atoms with Gasteiger partial charge in [-0.3, -0.25) is 5.10 Å². The van der Waals surface area contributed by atoms with Gasteiger partial charge in [0, 0.05) is 16.5 Å². The minimum absolute atomic E-state index is 0.782. The van der Waals surface area contributed by atoms with Gasteiger partial charge in [0.15, 0.2) is 0 Å². The molecule has 0 aliphatic heterocycles. The average molecular weight is 253 g/mol. The molecule has 2 rings (SSSR count). The maximum atomic E-state index is 5.84. The Hall–Kier alpha value is -0.930. The largest absolute Gasteiger partial charge is 0.281 e. The summed E-state index contributed by atoms with van der Waals surface area (Å²) in [6.45, 7) is 4.07. The van der Waals surface area contributed by atoms with E-state index >= 15 is 0 Å². The smallest absolute Gasteiger partial charge is 0.0729 e. The SMILES string of the molecule is Cc1n[nH]c(C)c1SCc1ccc(Cl)cc1. The Morgan fingerprint density at radius 1 is 1.25 bits per heavy atom. The fourth-order valence-corrected chi connectivity index (χ4v) is 2.64. The number of nitrogens with zero attached hydrogens (tertiary/aromatic N) is 1. The standard InChI is InChI=1S/C12H13ClN2S/c1-8-12(9(2)15-14-8)16-7-10-3-5-11(13)6-4-10/h3-6H,7H2,1-2H3,(H,14,15). The fraction of sp³-hybridized carbons (Fsp3) is 0.250. The summed E-state index contributed by atoms with van der Waals surface area (Å²) >= 11 is 7.64. The van der Waals surface area contributed by atoms with Crippen molar-refractivity contribution >= 4 is 23.4 Å². The number of aryl methyl sites for hydroxylation is 2. The second kappa shape index (κ2) is 4.93. The second-order valence-electron chi connectivity index (χ2n) is 3.68. The molecule has 16 heavy (non-hydrogen) atoms. The maximum absolute atomic E-state index is 5.84. The van der Waals surface area contributed by atoms with Crippen LogP contribution in [0.5, 0.6) is 0 Å². The molecule has 0 spiro atoms. The van der Waals surface area contributed by atoms with E-state index in [0.717, 1.165) is 22.2 Å². The van der Waals surface area contributed by atoms with E-state index in [1.807, 2.05) is 26.0 Å². The molecule has 0 saturated carbocycles. The van der Waals surface area contributed by atoms with Crippen LogP contribution in [0.4, 0.5) is 0 Å². The number of halogens is 1. The molecule has 0 saturated heterocycles. The van der Waals surface area contributed by atoms with E-state index in [1.54, 1.807) is 11.8 Å². The predicted octanol–water partition coefficient (Wildman–Crippen LogP) is 3.97. The van der Waals surface area contributed by atoms with Gasteiger partial charge in [-0.1, -0.05) is 23.7 Å². The molecule has 0 atom stereocenters. The zero-order valence-corrected chi connectivity index (χ0v) is 10.8. The molecule has 1 aromatic heterocycles. The van der Waals surface area contributed by atoms with Crippen LogP contribution in [0.2, 0.25) is 5.02 Å². The van der Waals surface area contributed by atoms with Gasteiger partial charge in [-0.15, -0.1) is 11.8 Å². The van der Waals surface area contributed by atoms with Gasteiger partial charge in [-0.2, -0.15) is 5.10 Å². The minimum Gasteiger partial charge on any atom is -0.281 e. The first kappa shape index (κ1) is 11.6. The number of thioether (sulfide) groups is 1. The Morgan fingerprint density at radius 3 is 2.50 bits per heavy atom. The van der Waals surface area contributed by atoms with Gasteiger partial charge in [-0.05, 0) is 31.5 Å². The minimum atomic E-state index is 0.782. The zero-order valence-electron chi connectivity index (χ0n) is 9.25. The van der Waals surface area contributed by atoms with Crippen LogP contribution in [0.3, 0.4) is 0 Å². The van der Waals surface area contributed by atoms with Crippen molar-refractivity contribution < 1.29 is 0 Å². The number of H-pyrrole nitrogens is 1. The van der Waals surface area contributed by atoms with Crippen molar-refractivity contribution in [3.63, 3.8) is 0 Å². The first-order chi connectivity index (χ1) is 7.66. The topological polar surface area (TPSA) is 28.7 Å². The van der Waals surface area contributed by atoms with Crippen LogP contribution in [0.15, 0.2) is 29.2 Å². The number of aromatic amines is 1. The first-order valence-electron chi connectivity index (χ1n) is 5.05. The lowest BCUT2D eigenvalue weighted by atomic mass is 10.2. The third kappa shape index (κ3) is 2.60. The highest BCUT2D eigenvalue weighted by Crippen LogP contribution is 2.27. The molecule has 0 fully saturated rings. The molecular weight excluding hydrogens is 240 g/mol. The molecule has 0 radical (unpaired) electrons. The van der Waals surface area contributed by atoms with E-state index < -0.39 is 0 Å². The number of hydrogen-bond donors (Lipinski definition) is 1. The lowest BCUT2D eigenvalue weighted by Gasteiger charge is -2.02. The van der Waals surface area contributed by atoms with Crippen LogP contribution in [-0.2, 0) is 5.75 Å². The van der Waals surface area contributed by atoms with E-state index in [-0.39, 0.29) is 0 Å². The van der Waals surface area contributed by atoms with Gasteiger partial charge in [0.1, 0.15) is 0 Å². The monoisotopic (exact) mass is 252 g/mol. The molecule has 0 aliphatic carbocycles. The third-order valence-corrected chi connectivity index (χ3v) is 3.98. The van der Waals surface area contributed by atoms with Crippen molar-refractivity contribution in [3.8, 4) is 0 Å². The molecule has 0 unspecified atom stereocenters. The number of nitrogens with one attached hydrogen (secondary N) is 1. The summed E-state index contributed by atoms with van der Waals surface area (Å²) in [5.74, 6) is 0.943. The fourth-order valence-electron chi connectivity index (χ4n) is 1.49. The maximum Gasteiger partial charge on any atom is 0.0729 e. The Balaban J connectivity index is 2.05. The van der Waals surface area contributed by atoms with Crippen LogP contribution in [0.1, 0.15) is 17.0 Å². The molecule has 2 aromatic rings. The van der Waals surface area contributed by atoms with Crippen LogP contribution in [0, 0.1) is 13.8 Å². The average Bonchev–Trinajstić information content (AvgIpc) is 2.59. The molecular formula is C12H13ClN2S. The number of rotatable bonds is 3. The highest BCUT2D eigenvalue weighted by molar-refractivity contribution is 7.98.